The third-order valence-corrected chi connectivity index (χ3v) is 5.31. The van der Waals surface area contributed by atoms with Crippen LogP contribution in [0.3, 0.4) is 0 Å². The molecule has 1 aliphatic heterocycles. The number of benzene rings is 2. The number of anilines is 2. The second kappa shape index (κ2) is 9.34. The van der Waals surface area contributed by atoms with Crippen LogP contribution in [0.5, 0.6) is 11.5 Å². The third kappa shape index (κ3) is 4.51. The molecule has 7 nitrogen and oxygen atoms in total. The molecule has 0 fully saturated rings. The van der Waals surface area contributed by atoms with E-state index in [9.17, 15) is 8.76 Å². The highest BCUT2D eigenvalue weighted by molar-refractivity contribution is 7.74. The van der Waals surface area contributed by atoms with Gasteiger partial charge in [0.1, 0.15) is 6.10 Å². The molecule has 0 amide bonds. The van der Waals surface area contributed by atoms with Gasteiger partial charge in [0.25, 0.3) is 0 Å². The quantitative estimate of drug-likeness (QED) is 0.511. The first kappa shape index (κ1) is 20.5. The molecule has 1 N–H and O–H groups in total. The molecule has 0 saturated heterocycles. The van der Waals surface area contributed by atoms with Crippen molar-refractivity contribution in [3.05, 3.63) is 72.3 Å². The van der Waals surface area contributed by atoms with Gasteiger partial charge in [-0.05, 0) is 42.3 Å². The Bertz CT molecular complexity index is 1030. The van der Waals surface area contributed by atoms with Crippen molar-refractivity contribution in [2.75, 3.05) is 11.4 Å². The van der Waals surface area contributed by atoms with E-state index in [0.717, 1.165) is 35.7 Å². The van der Waals surface area contributed by atoms with Crippen molar-refractivity contribution in [2.45, 2.75) is 32.3 Å². The standard InChI is InChI=1S/C22H23N3O4S/c1-2-6-16-9-10-20-18(15-16)25(17-7-3-4-8-19(17)28-20)14-11-21(29-30(26)27)22-23-12-5-13-24-22/h3-5,7-10,12-13,15,21H,2,6,11,14H2,1H3,(H,26,27). The van der Waals surface area contributed by atoms with Crippen LogP contribution in [0.15, 0.2) is 60.9 Å². The van der Waals surface area contributed by atoms with E-state index in [-0.39, 0.29) is 0 Å². The van der Waals surface area contributed by atoms with E-state index < -0.39 is 17.5 Å². The zero-order valence-corrected chi connectivity index (χ0v) is 17.4. The van der Waals surface area contributed by atoms with Crippen LogP contribution >= 0.6 is 0 Å². The molecule has 8 heteroatoms. The molecule has 1 aliphatic rings. The number of hydrogen-bond acceptors (Lipinski definition) is 6. The lowest BCUT2D eigenvalue weighted by atomic mass is 10.1. The maximum absolute atomic E-state index is 11.3. The van der Waals surface area contributed by atoms with Crippen LogP contribution in [-0.2, 0) is 22.0 Å². The van der Waals surface area contributed by atoms with Crippen molar-refractivity contribution in [2.24, 2.45) is 0 Å². The van der Waals surface area contributed by atoms with Gasteiger partial charge >= 0.3 is 11.4 Å². The Kier molecular flexibility index (Phi) is 6.37. The van der Waals surface area contributed by atoms with Crippen molar-refractivity contribution in [3.63, 3.8) is 0 Å². The molecule has 156 valence electrons. The van der Waals surface area contributed by atoms with Crippen LogP contribution in [-0.4, -0.2) is 25.3 Å². The largest absolute Gasteiger partial charge is 0.453 e. The highest BCUT2D eigenvalue weighted by atomic mass is 32.2. The molecule has 3 aromatic rings. The lowest BCUT2D eigenvalue weighted by Crippen LogP contribution is -2.25. The monoisotopic (exact) mass is 425 g/mol. The zero-order chi connectivity index (χ0) is 20.9. The first-order chi connectivity index (χ1) is 14.7. The molecule has 1 aromatic heterocycles. The van der Waals surface area contributed by atoms with Crippen LogP contribution in [0.2, 0.25) is 0 Å². The predicted octanol–water partition coefficient (Wildman–Crippen LogP) is 4.96. The molecule has 30 heavy (non-hydrogen) atoms. The van der Waals surface area contributed by atoms with E-state index in [1.165, 1.54) is 5.56 Å². The minimum Gasteiger partial charge on any atom is -0.453 e. The number of rotatable bonds is 8. The van der Waals surface area contributed by atoms with E-state index in [4.69, 9.17) is 8.92 Å². The molecule has 0 spiro atoms. The Hall–Kier alpha value is -2.81. The van der Waals surface area contributed by atoms with Gasteiger partial charge in [0.05, 0.1) is 11.4 Å². The van der Waals surface area contributed by atoms with Gasteiger partial charge in [0.2, 0.25) is 0 Å². The second-order valence-electron chi connectivity index (χ2n) is 6.97. The number of ether oxygens (including phenoxy) is 1. The highest BCUT2D eigenvalue weighted by Crippen LogP contribution is 2.47. The van der Waals surface area contributed by atoms with Crippen molar-refractivity contribution < 1.29 is 17.7 Å². The molecule has 0 bridgehead atoms. The Balaban J connectivity index is 1.65. The summed E-state index contributed by atoms with van der Waals surface area (Å²) < 4.78 is 32.0. The Labute approximate surface area is 178 Å². The van der Waals surface area contributed by atoms with Crippen LogP contribution in [0, 0.1) is 0 Å². The van der Waals surface area contributed by atoms with Crippen LogP contribution in [0.1, 0.15) is 37.3 Å². The van der Waals surface area contributed by atoms with E-state index in [1.807, 2.05) is 30.3 Å². The Morgan fingerprint density at radius 3 is 2.63 bits per heavy atom. The van der Waals surface area contributed by atoms with E-state index in [1.54, 1.807) is 18.5 Å². The number of nitrogens with zero attached hydrogens (tertiary/aromatic N) is 3. The molecular weight excluding hydrogens is 402 g/mol. The highest BCUT2D eigenvalue weighted by Gasteiger charge is 2.27. The van der Waals surface area contributed by atoms with Gasteiger partial charge in [-0.2, -0.15) is 4.21 Å². The molecule has 2 aromatic carbocycles. The molecule has 4 rings (SSSR count). The minimum atomic E-state index is -2.42. The summed E-state index contributed by atoms with van der Waals surface area (Å²) in [6.07, 6.45) is 4.93. The van der Waals surface area contributed by atoms with Crippen molar-refractivity contribution in [3.8, 4) is 11.5 Å². The second-order valence-corrected chi connectivity index (χ2v) is 7.60. The smallest absolute Gasteiger partial charge is 0.302 e. The molecule has 0 saturated carbocycles. The lowest BCUT2D eigenvalue weighted by Gasteiger charge is -2.33. The normalized spacial score (nSPS) is 14.4. The minimum absolute atomic E-state index is 0.376. The van der Waals surface area contributed by atoms with Gasteiger partial charge in [0.15, 0.2) is 17.3 Å². The van der Waals surface area contributed by atoms with Gasteiger partial charge in [-0.1, -0.05) is 31.5 Å². The Morgan fingerprint density at radius 1 is 1.10 bits per heavy atom. The number of aromatic nitrogens is 2. The van der Waals surface area contributed by atoms with E-state index >= 15 is 0 Å². The summed E-state index contributed by atoms with van der Waals surface area (Å²) >= 11 is -2.42. The maximum Gasteiger partial charge on any atom is 0.302 e. The predicted molar refractivity (Wildman–Crippen MR) is 115 cm³/mol. The fourth-order valence-corrected chi connectivity index (χ4v) is 3.98. The third-order valence-electron chi connectivity index (χ3n) is 4.92. The van der Waals surface area contributed by atoms with Gasteiger partial charge in [-0.3, -0.25) is 8.74 Å². The topological polar surface area (TPSA) is 84.8 Å². The van der Waals surface area contributed by atoms with Crippen molar-refractivity contribution >= 4 is 22.7 Å². The molecule has 2 heterocycles. The van der Waals surface area contributed by atoms with Gasteiger partial charge in [-0.25, -0.2) is 9.97 Å². The first-order valence-corrected chi connectivity index (χ1v) is 10.9. The zero-order valence-electron chi connectivity index (χ0n) is 16.6. The summed E-state index contributed by atoms with van der Waals surface area (Å²) in [5.74, 6) is 1.93. The summed E-state index contributed by atoms with van der Waals surface area (Å²) in [6, 6.07) is 15.8. The number of hydrogen-bond donors (Lipinski definition) is 1. The molecule has 2 atom stereocenters. The van der Waals surface area contributed by atoms with Crippen molar-refractivity contribution in [1.82, 2.24) is 9.97 Å². The lowest BCUT2D eigenvalue weighted by molar-refractivity contribution is 0.190. The fourth-order valence-electron chi connectivity index (χ4n) is 3.60. The molecule has 0 radical (unpaired) electrons. The molecular formula is C22H23N3O4S. The van der Waals surface area contributed by atoms with Gasteiger partial charge in [0, 0.05) is 25.4 Å². The van der Waals surface area contributed by atoms with Crippen LogP contribution in [0.25, 0.3) is 0 Å². The van der Waals surface area contributed by atoms with Crippen molar-refractivity contribution in [1.29, 1.82) is 0 Å². The number of aryl methyl sites for hydroxylation is 1. The number of para-hydroxylation sites is 2. The summed E-state index contributed by atoms with van der Waals surface area (Å²) in [7, 11) is 0. The fraction of sp³-hybridized carbons (Fsp3) is 0.273. The Morgan fingerprint density at radius 2 is 1.87 bits per heavy atom. The average molecular weight is 426 g/mol. The molecule has 2 unspecified atom stereocenters. The van der Waals surface area contributed by atoms with Gasteiger partial charge < -0.3 is 9.64 Å². The number of fused-ring (bicyclic) bond motifs is 2. The summed E-state index contributed by atoms with van der Waals surface area (Å²) in [5.41, 5.74) is 3.15. The van der Waals surface area contributed by atoms with Crippen LogP contribution < -0.4 is 9.64 Å². The van der Waals surface area contributed by atoms with E-state index in [2.05, 4.69) is 33.9 Å². The molecule has 0 aliphatic carbocycles. The summed E-state index contributed by atoms with van der Waals surface area (Å²) in [5, 5.41) is 0. The maximum atomic E-state index is 11.3. The average Bonchev–Trinajstić information content (AvgIpc) is 2.76. The van der Waals surface area contributed by atoms with E-state index in [0.29, 0.717) is 18.8 Å². The SMILES string of the molecule is CCCc1ccc2c(c1)N(CCC(OS(=O)O)c1ncccn1)c1ccccc1O2. The first-order valence-electron chi connectivity index (χ1n) is 9.88. The van der Waals surface area contributed by atoms with Gasteiger partial charge in [-0.15, -0.1) is 0 Å². The summed E-state index contributed by atoms with van der Waals surface area (Å²) in [4.78, 5) is 10.6. The summed E-state index contributed by atoms with van der Waals surface area (Å²) in [6.45, 7) is 2.68. The van der Waals surface area contributed by atoms with Crippen LogP contribution in [0.4, 0.5) is 11.4 Å².